The predicted octanol–water partition coefficient (Wildman–Crippen LogP) is 19.9. The Morgan fingerprint density at radius 3 is 1.26 bits per heavy atom. The average molecular weight is 1710 g/mol. The Balaban J connectivity index is 0.000000160. The molecule has 3 saturated heterocycles. The van der Waals surface area contributed by atoms with Crippen molar-refractivity contribution in [3.63, 3.8) is 0 Å². The first-order valence-corrected chi connectivity index (χ1v) is 40.4. The second-order valence-electron chi connectivity index (χ2n) is 32.0. The van der Waals surface area contributed by atoms with Crippen LogP contribution in [0.2, 0.25) is 15.5 Å². The van der Waals surface area contributed by atoms with Gasteiger partial charge in [-0.1, -0.05) is 168 Å². The molecule has 7 aromatic carbocycles. The molecule has 19 nitrogen and oxygen atoms in total. The number of benzene rings is 7. The molecular weight excluding hydrogens is 1620 g/mol. The van der Waals surface area contributed by atoms with E-state index in [0.29, 0.717) is 75.0 Å². The summed E-state index contributed by atoms with van der Waals surface area (Å²) in [5.41, 5.74) is 16.8. The van der Waals surface area contributed by atoms with Crippen molar-refractivity contribution >= 4 is 161 Å². The number of methoxy groups -OCH3 is 3. The van der Waals surface area contributed by atoms with Gasteiger partial charge in [-0.2, -0.15) is 54.0 Å². The van der Waals surface area contributed by atoms with Crippen LogP contribution in [0, 0.1) is 29.6 Å². The van der Waals surface area contributed by atoms with Crippen molar-refractivity contribution in [1.82, 2.24) is 50.0 Å². The lowest BCUT2D eigenvalue weighted by atomic mass is 9.95. The average Bonchev–Trinajstić information content (AvgIpc) is 1.68. The molecule has 10 heterocycles. The number of aromatic carboxylic acids is 1. The molecule has 5 saturated carbocycles. The molecule has 26 heteroatoms. The lowest BCUT2D eigenvalue weighted by Gasteiger charge is -2.28. The van der Waals surface area contributed by atoms with Crippen molar-refractivity contribution in [1.29, 1.82) is 0 Å². The molecule has 8 fully saturated rings. The number of carbonyl (C=O) groups is 3. The summed E-state index contributed by atoms with van der Waals surface area (Å²) in [5, 5.41) is 17.5. The van der Waals surface area contributed by atoms with Crippen LogP contribution in [0.5, 0.6) is 17.2 Å². The summed E-state index contributed by atoms with van der Waals surface area (Å²) in [5.74, 6) is 6.91. The number of carboxylic acid groups (broad SMARTS) is 1. The number of carbonyl (C=O) groups excluding carboxylic acids is 2. The van der Waals surface area contributed by atoms with Crippen LogP contribution in [0.4, 0.5) is 0 Å². The van der Waals surface area contributed by atoms with Crippen molar-refractivity contribution in [3.05, 3.63) is 250 Å². The molecule has 22 rings (SSSR count). The number of pyridine rings is 3. The molecule has 0 spiro atoms. The summed E-state index contributed by atoms with van der Waals surface area (Å²) in [6, 6.07) is 57.7. The smallest absolute Gasteiger partial charge is 0.355 e. The Hall–Kier alpha value is -9.95. The third-order valence-electron chi connectivity index (χ3n) is 25.2. The highest BCUT2D eigenvalue weighted by atomic mass is 35.5. The molecule has 12 aromatic rings. The van der Waals surface area contributed by atoms with Gasteiger partial charge in [0.05, 0.1) is 57.2 Å². The Kier molecular flexibility index (Phi) is 23.1. The molecule has 10 aliphatic rings. The fourth-order valence-electron chi connectivity index (χ4n) is 18.9. The van der Waals surface area contributed by atoms with E-state index < -0.39 is 5.97 Å². The van der Waals surface area contributed by atoms with Crippen LogP contribution in [-0.4, -0.2) is 131 Å². The standard InChI is InChI=1S/C51H41Cl2N7O4.C30H30N4.C11H8ClNO3.4H2S/c1-63-43-7-3-5-33-35(43)22-45(52)57-47(33)50(61)59-39-18-30(39)20-41(59)37-17-32(24-54-37)28-11-9-26(10-12-28)27-13-15-29(16-14-27)38-25-55-49(56-38)42-21-31-19-40(31)60(42)51(62)48-34-6-4-8-44(64-2)36(34)23-46(53)58-48;1-3-19(25-14-27(31-15-25)28-13-23-12-26(23)33-28)4-2-17(1)18-5-7-20(8-6-18)29-16-32-30(34-29)24-10-21-9-22(21)11-24;1-16-8-4-2-3-6-7(8)5-9(12)13-10(6)11(14)15;;;;/h3-16,22-25,30-31,39-42H,17-21H2,1-2H3,(H,55,56);1-8,15-16,21-24,26,28,33H,9-14H2,(H,32,34);2-5H,1H3,(H,14,15);4*1H2/t30-,31-,39-,40-,41?,42?;21-,22+,23-,24?,26-,28?;;;;;/m11...../s1. The first kappa shape index (κ1) is 81.8. The van der Waals surface area contributed by atoms with Gasteiger partial charge in [-0.15, -0.1) is 0 Å². The van der Waals surface area contributed by atoms with Crippen molar-refractivity contribution < 1.29 is 33.7 Å². The summed E-state index contributed by atoms with van der Waals surface area (Å²) in [6.07, 6.45) is 20.1. The number of hydrogen-bond donors (Lipinski definition) is 4. The number of fused-ring (bicyclic) bond motifs is 7. The SMILES string of the molecule is C1=C(c2ccc(-c3ccc(-c4cnc(C5C[C@@H]6C[C@@H]6C5)[nH]4)cc3)cc2)CC(C2C[C@H]3C[C@H]3N2)=N1.COc1cccc2c(C(=O)N3C(C4=NC=C(c5ccc(-c6ccc(-c7cnc(C8C[C@H]9C[C@H]9N8C(=O)c8nc(Cl)cc9c(OC)cccc89)[nH]7)cc6)cc5)C4)C[C@H]4C[C@H]43)nc(Cl)cc12.COc1cccc2c(C(=O)O)nc(Cl)cc12.S.S.S.S. The van der Waals surface area contributed by atoms with Gasteiger partial charge in [-0.25, -0.2) is 29.7 Å². The second kappa shape index (κ2) is 33.3. The minimum atomic E-state index is -1.11. The Labute approximate surface area is 725 Å². The van der Waals surface area contributed by atoms with Gasteiger partial charge in [-0.05, 0) is 179 Å². The Bertz CT molecular complexity index is 6050. The number of halogens is 3. The molecule has 118 heavy (non-hydrogen) atoms. The summed E-state index contributed by atoms with van der Waals surface area (Å²) < 4.78 is 16.3. The monoisotopic (exact) mass is 1700 g/mol. The number of allylic oxidation sites excluding steroid dienone is 2. The minimum Gasteiger partial charge on any atom is -0.496 e. The van der Waals surface area contributed by atoms with Crippen LogP contribution < -0.4 is 19.5 Å². The third kappa shape index (κ3) is 15.6. The number of piperidine rings is 3. The van der Waals surface area contributed by atoms with E-state index in [9.17, 15) is 14.4 Å². The number of nitrogens with one attached hydrogen (secondary N) is 3. The van der Waals surface area contributed by atoms with E-state index in [0.717, 1.165) is 123 Å². The number of aliphatic imine (C=N–C) groups is 2. The maximum absolute atomic E-state index is 14.3. The fraction of sp³-hybridized carbons (Fsp3) is 0.283. The van der Waals surface area contributed by atoms with Crippen LogP contribution in [0.1, 0.15) is 137 Å². The molecule has 12 atom stereocenters. The maximum atomic E-state index is 14.3. The lowest BCUT2D eigenvalue weighted by molar-refractivity contribution is 0.0681. The number of H-pyrrole nitrogens is 2. The van der Waals surface area contributed by atoms with E-state index in [1.54, 1.807) is 50.6 Å². The van der Waals surface area contributed by atoms with E-state index in [-0.39, 0.29) is 111 Å². The number of nitrogens with zero attached hydrogens (tertiary/aromatic N) is 9. The highest BCUT2D eigenvalue weighted by Gasteiger charge is 2.57. The van der Waals surface area contributed by atoms with Gasteiger partial charge in [-0.3, -0.25) is 19.6 Å². The molecule has 0 bridgehead atoms. The van der Waals surface area contributed by atoms with Crippen LogP contribution in [0.3, 0.4) is 0 Å². The van der Waals surface area contributed by atoms with Gasteiger partial charge < -0.3 is 44.4 Å². The lowest BCUT2D eigenvalue weighted by Crippen LogP contribution is -2.43. The third-order valence-corrected chi connectivity index (χ3v) is 25.8. The van der Waals surface area contributed by atoms with Crippen molar-refractivity contribution in [2.75, 3.05) is 21.3 Å². The van der Waals surface area contributed by atoms with Gasteiger partial charge in [0.25, 0.3) is 11.8 Å². The fourth-order valence-corrected chi connectivity index (χ4v) is 19.5. The molecule has 602 valence electrons. The van der Waals surface area contributed by atoms with Gasteiger partial charge in [0.2, 0.25) is 0 Å². The number of aromatic nitrogens is 7. The first-order chi connectivity index (χ1) is 55.6. The van der Waals surface area contributed by atoms with E-state index in [1.807, 2.05) is 64.8 Å². The second-order valence-corrected chi connectivity index (χ2v) is 33.1. The molecule has 5 aromatic heterocycles. The maximum Gasteiger partial charge on any atom is 0.355 e. The zero-order valence-corrected chi connectivity index (χ0v) is 71.0. The van der Waals surface area contributed by atoms with Crippen LogP contribution in [-0.2, 0) is 0 Å². The largest absolute Gasteiger partial charge is 0.496 e. The van der Waals surface area contributed by atoms with Gasteiger partial charge in [0.15, 0.2) is 5.69 Å². The number of amides is 2. The Morgan fingerprint density at radius 1 is 0.415 bits per heavy atom. The first-order valence-electron chi connectivity index (χ1n) is 39.2. The number of ether oxygens (including phenoxy) is 3. The van der Waals surface area contributed by atoms with Crippen molar-refractivity contribution in [2.45, 2.75) is 113 Å². The zero-order chi connectivity index (χ0) is 77.3. The predicted molar refractivity (Wildman–Crippen MR) is 486 cm³/mol. The van der Waals surface area contributed by atoms with Gasteiger partial charge in [0, 0.05) is 99.1 Å². The number of likely N-dealkylation sites (tertiary alicyclic amines) is 2. The highest BCUT2D eigenvalue weighted by molar-refractivity contribution is 7.59. The van der Waals surface area contributed by atoms with E-state index in [1.165, 1.54) is 78.6 Å². The quantitative estimate of drug-likeness (QED) is 0.0659. The summed E-state index contributed by atoms with van der Waals surface area (Å²) in [6.45, 7) is 0. The van der Waals surface area contributed by atoms with Gasteiger partial charge in [0.1, 0.15) is 55.7 Å². The molecule has 5 aliphatic heterocycles. The zero-order valence-electron chi connectivity index (χ0n) is 64.7. The van der Waals surface area contributed by atoms with Gasteiger partial charge >= 0.3 is 5.97 Å². The normalized spacial score (nSPS) is 23.3. The van der Waals surface area contributed by atoms with Crippen LogP contribution in [0.25, 0.3) is 88.2 Å². The van der Waals surface area contributed by atoms with Crippen LogP contribution in [0.15, 0.2) is 205 Å². The van der Waals surface area contributed by atoms with Crippen molar-refractivity contribution in [3.8, 4) is 62.0 Å². The van der Waals surface area contributed by atoms with E-state index in [2.05, 4.69) is 133 Å². The summed E-state index contributed by atoms with van der Waals surface area (Å²) in [4.78, 5) is 82.8. The molecular formula is C92H87Cl3N12O7S4. The number of hydrogen-bond acceptors (Lipinski definition) is 14. The number of carboxylic acids is 1. The number of imidazole rings is 2. The molecule has 0 radical (unpaired) electrons. The minimum absolute atomic E-state index is 0. The van der Waals surface area contributed by atoms with Crippen LogP contribution >= 0.6 is 88.8 Å². The summed E-state index contributed by atoms with van der Waals surface area (Å²) >= 11 is 18.7. The number of rotatable bonds is 16. The number of aromatic amines is 2. The Morgan fingerprint density at radius 2 is 0.814 bits per heavy atom. The van der Waals surface area contributed by atoms with E-state index in [4.69, 9.17) is 74.1 Å². The van der Waals surface area contributed by atoms with E-state index >= 15 is 0 Å². The molecule has 4 unspecified atom stereocenters. The summed E-state index contributed by atoms with van der Waals surface area (Å²) in [7, 11) is 4.74. The molecule has 5 aliphatic carbocycles. The topological polar surface area (TPSA) is 238 Å². The highest BCUT2D eigenvalue weighted by Crippen LogP contribution is 2.58. The molecule has 2 amide bonds. The van der Waals surface area contributed by atoms with Crippen molar-refractivity contribution in [2.24, 2.45) is 39.6 Å². The molecule has 4 N–H and O–H groups in total.